The van der Waals surface area contributed by atoms with Crippen LogP contribution in [0.3, 0.4) is 0 Å². The molecule has 0 saturated heterocycles. The quantitative estimate of drug-likeness (QED) is 0.783. The van der Waals surface area contributed by atoms with E-state index in [-0.39, 0.29) is 0 Å². The van der Waals surface area contributed by atoms with Gasteiger partial charge in [-0.25, -0.2) is 4.79 Å². The van der Waals surface area contributed by atoms with Gasteiger partial charge in [0.2, 0.25) is 0 Å². The number of aliphatic carboxylic acids is 1. The van der Waals surface area contributed by atoms with Gasteiger partial charge in [-0.2, -0.15) is 5.10 Å². The van der Waals surface area contributed by atoms with Crippen molar-refractivity contribution in [1.82, 2.24) is 9.78 Å². The molecule has 72 valence electrons. The lowest BCUT2D eigenvalue weighted by Crippen LogP contribution is -2.16. The molecule has 0 fully saturated rings. The first-order valence-electron chi connectivity index (χ1n) is 4.35. The maximum atomic E-state index is 10.8. The van der Waals surface area contributed by atoms with Crippen LogP contribution in [0.1, 0.15) is 13.0 Å². The van der Waals surface area contributed by atoms with Crippen molar-refractivity contribution in [1.29, 1.82) is 0 Å². The van der Waals surface area contributed by atoms with Crippen molar-refractivity contribution < 1.29 is 9.90 Å². The van der Waals surface area contributed by atoms with Crippen LogP contribution in [-0.4, -0.2) is 20.9 Å². The Hall–Kier alpha value is -1.84. The fraction of sp³-hybridized carbons (Fsp3) is 0.200. The van der Waals surface area contributed by atoms with Crippen LogP contribution in [0.2, 0.25) is 0 Å². The molecule has 0 spiro atoms. The Morgan fingerprint density at radius 3 is 2.93 bits per heavy atom. The van der Waals surface area contributed by atoms with Crippen LogP contribution in [-0.2, 0) is 4.79 Å². The lowest BCUT2D eigenvalue weighted by atomic mass is 10.2. The Morgan fingerprint density at radius 2 is 2.21 bits per heavy atom. The van der Waals surface area contributed by atoms with Gasteiger partial charge in [0.1, 0.15) is 6.04 Å². The van der Waals surface area contributed by atoms with Crippen LogP contribution >= 0.6 is 0 Å². The molecule has 0 saturated carbocycles. The monoisotopic (exact) mass is 190 g/mol. The second-order valence-electron chi connectivity index (χ2n) is 3.16. The van der Waals surface area contributed by atoms with Crippen molar-refractivity contribution in [3.8, 4) is 0 Å². The van der Waals surface area contributed by atoms with Crippen LogP contribution < -0.4 is 0 Å². The molecule has 1 heterocycles. The fourth-order valence-corrected chi connectivity index (χ4v) is 1.41. The highest BCUT2D eigenvalue weighted by molar-refractivity contribution is 5.81. The summed E-state index contributed by atoms with van der Waals surface area (Å²) >= 11 is 0. The number of nitrogens with zero attached hydrogens (tertiary/aromatic N) is 2. The average molecular weight is 190 g/mol. The van der Waals surface area contributed by atoms with Crippen molar-refractivity contribution in [2.45, 2.75) is 13.0 Å². The van der Waals surface area contributed by atoms with Gasteiger partial charge in [-0.05, 0) is 13.0 Å². The molecule has 0 amide bonds. The van der Waals surface area contributed by atoms with E-state index in [1.54, 1.807) is 13.1 Å². The number of aromatic nitrogens is 2. The molecule has 1 aromatic carbocycles. The molecule has 14 heavy (non-hydrogen) atoms. The summed E-state index contributed by atoms with van der Waals surface area (Å²) < 4.78 is 1.51. The van der Waals surface area contributed by atoms with Gasteiger partial charge < -0.3 is 5.11 Å². The topological polar surface area (TPSA) is 55.1 Å². The first-order valence-corrected chi connectivity index (χ1v) is 4.35. The summed E-state index contributed by atoms with van der Waals surface area (Å²) in [7, 11) is 0. The number of fused-ring (bicyclic) bond motifs is 1. The molecule has 0 radical (unpaired) electrons. The lowest BCUT2D eigenvalue weighted by molar-refractivity contribution is -0.140. The van der Waals surface area contributed by atoms with Gasteiger partial charge in [0.05, 0.1) is 11.7 Å². The molecule has 1 atom stereocenters. The van der Waals surface area contributed by atoms with Crippen LogP contribution in [0.5, 0.6) is 0 Å². The highest BCUT2D eigenvalue weighted by atomic mass is 16.4. The molecule has 4 heteroatoms. The van der Waals surface area contributed by atoms with Gasteiger partial charge >= 0.3 is 5.97 Å². The molecular weight excluding hydrogens is 180 g/mol. The number of carboxylic acids is 1. The van der Waals surface area contributed by atoms with Crippen molar-refractivity contribution in [2.24, 2.45) is 0 Å². The third-order valence-corrected chi connectivity index (χ3v) is 2.23. The number of carbonyl (C=O) groups is 1. The van der Waals surface area contributed by atoms with Crippen molar-refractivity contribution in [2.75, 3.05) is 0 Å². The molecule has 0 aliphatic heterocycles. The van der Waals surface area contributed by atoms with Crippen LogP contribution in [0.25, 0.3) is 10.9 Å². The highest BCUT2D eigenvalue weighted by Crippen LogP contribution is 2.17. The molecule has 0 aliphatic rings. The third kappa shape index (κ3) is 1.25. The van der Waals surface area contributed by atoms with Crippen LogP contribution in [0.15, 0.2) is 30.5 Å². The van der Waals surface area contributed by atoms with Gasteiger partial charge in [-0.3, -0.25) is 4.68 Å². The predicted octanol–water partition coefficient (Wildman–Crippen LogP) is 1.68. The summed E-state index contributed by atoms with van der Waals surface area (Å²) in [5, 5.41) is 13.9. The second kappa shape index (κ2) is 3.14. The van der Waals surface area contributed by atoms with E-state index in [1.165, 1.54) is 4.68 Å². The number of benzene rings is 1. The largest absolute Gasteiger partial charge is 0.480 e. The summed E-state index contributed by atoms with van der Waals surface area (Å²) in [6.45, 7) is 1.61. The van der Waals surface area contributed by atoms with Gasteiger partial charge in [0.25, 0.3) is 0 Å². The lowest BCUT2D eigenvalue weighted by Gasteiger charge is -2.07. The number of hydrogen-bond donors (Lipinski definition) is 1. The van der Waals surface area contributed by atoms with Crippen molar-refractivity contribution in [3.63, 3.8) is 0 Å². The molecular formula is C10H10N2O2. The fourth-order valence-electron chi connectivity index (χ4n) is 1.41. The first kappa shape index (κ1) is 8.74. The summed E-state index contributed by atoms with van der Waals surface area (Å²) in [5.74, 6) is -0.876. The molecule has 0 bridgehead atoms. The van der Waals surface area contributed by atoms with E-state index in [0.717, 1.165) is 10.9 Å². The van der Waals surface area contributed by atoms with Gasteiger partial charge in [-0.1, -0.05) is 18.2 Å². The van der Waals surface area contributed by atoms with E-state index in [0.29, 0.717) is 0 Å². The average Bonchev–Trinajstić information content (AvgIpc) is 2.60. The number of para-hydroxylation sites is 1. The molecule has 1 aromatic heterocycles. The summed E-state index contributed by atoms with van der Waals surface area (Å²) in [6, 6.07) is 6.92. The van der Waals surface area contributed by atoms with Gasteiger partial charge in [0.15, 0.2) is 0 Å². The number of carboxylic acid groups (broad SMARTS) is 1. The molecule has 4 nitrogen and oxygen atoms in total. The second-order valence-corrected chi connectivity index (χ2v) is 3.16. The standard InChI is InChI=1S/C10H10N2O2/c1-7(10(13)14)12-9-5-3-2-4-8(9)6-11-12/h2-7H,1H3,(H,13,14)/t7-/m1/s1. The Balaban J connectivity index is 2.58. The molecule has 2 rings (SSSR count). The zero-order valence-electron chi connectivity index (χ0n) is 7.71. The summed E-state index contributed by atoms with van der Waals surface area (Å²) in [6.07, 6.45) is 1.68. The van der Waals surface area contributed by atoms with E-state index in [9.17, 15) is 4.79 Å². The molecule has 1 N–H and O–H groups in total. The molecule has 2 aromatic rings. The van der Waals surface area contributed by atoms with Crippen molar-refractivity contribution in [3.05, 3.63) is 30.5 Å². The summed E-state index contributed by atoms with van der Waals surface area (Å²) in [4.78, 5) is 10.8. The Kier molecular flexibility index (Phi) is 1.96. The zero-order chi connectivity index (χ0) is 10.1. The minimum absolute atomic E-state index is 0.630. The van der Waals surface area contributed by atoms with E-state index in [4.69, 9.17) is 5.11 Å². The Bertz CT molecular complexity index is 476. The molecule has 0 aliphatic carbocycles. The minimum Gasteiger partial charge on any atom is -0.480 e. The first-order chi connectivity index (χ1) is 6.70. The van der Waals surface area contributed by atoms with E-state index < -0.39 is 12.0 Å². The van der Waals surface area contributed by atoms with Gasteiger partial charge in [-0.15, -0.1) is 0 Å². The maximum absolute atomic E-state index is 10.8. The smallest absolute Gasteiger partial charge is 0.328 e. The normalized spacial score (nSPS) is 12.9. The zero-order valence-corrected chi connectivity index (χ0v) is 7.71. The third-order valence-electron chi connectivity index (χ3n) is 2.23. The molecule has 0 unspecified atom stereocenters. The van der Waals surface area contributed by atoms with E-state index in [2.05, 4.69) is 5.10 Å². The Morgan fingerprint density at radius 1 is 1.50 bits per heavy atom. The van der Waals surface area contributed by atoms with Gasteiger partial charge in [0, 0.05) is 5.39 Å². The van der Waals surface area contributed by atoms with E-state index in [1.807, 2.05) is 24.3 Å². The predicted molar refractivity (Wildman–Crippen MR) is 52.1 cm³/mol. The van der Waals surface area contributed by atoms with Crippen LogP contribution in [0, 0.1) is 0 Å². The SMILES string of the molecule is C[C@H](C(=O)O)n1ncc2ccccc21. The minimum atomic E-state index is -0.876. The maximum Gasteiger partial charge on any atom is 0.328 e. The number of hydrogen-bond acceptors (Lipinski definition) is 2. The van der Waals surface area contributed by atoms with Crippen LogP contribution in [0.4, 0.5) is 0 Å². The number of rotatable bonds is 2. The van der Waals surface area contributed by atoms with Crippen molar-refractivity contribution >= 4 is 16.9 Å². The van der Waals surface area contributed by atoms with E-state index >= 15 is 0 Å². The summed E-state index contributed by atoms with van der Waals surface area (Å²) in [5.41, 5.74) is 0.849. The highest BCUT2D eigenvalue weighted by Gasteiger charge is 2.15. The Labute approximate surface area is 80.8 Å².